The summed E-state index contributed by atoms with van der Waals surface area (Å²) in [5.74, 6) is 0. The zero-order valence-electron chi connectivity index (χ0n) is 6.00. The van der Waals surface area contributed by atoms with Gasteiger partial charge in [0.25, 0.3) is 0 Å². The zero-order chi connectivity index (χ0) is 8.10. The summed E-state index contributed by atoms with van der Waals surface area (Å²) < 4.78 is 3.65. The third-order valence-corrected chi connectivity index (χ3v) is 1.62. The number of hydrogen-bond donors (Lipinski definition) is 2. The van der Waals surface area contributed by atoms with Gasteiger partial charge in [0.05, 0.1) is 12.2 Å². The van der Waals surface area contributed by atoms with E-state index in [1.165, 1.54) is 11.5 Å². The number of nitrogens with one attached hydrogen (secondary N) is 2. The lowest BCUT2D eigenvalue weighted by atomic mass is 10.5. The van der Waals surface area contributed by atoms with E-state index in [0.29, 0.717) is 6.54 Å². The van der Waals surface area contributed by atoms with Crippen LogP contribution in [0.3, 0.4) is 0 Å². The Morgan fingerprint density at radius 3 is 3.18 bits per heavy atom. The van der Waals surface area contributed by atoms with Crippen LogP contribution >= 0.6 is 11.5 Å². The van der Waals surface area contributed by atoms with Crippen molar-refractivity contribution in [1.29, 1.82) is 0 Å². The van der Waals surface area contributed by atoms with E-state index in [0.717, 1.165) is 5.69 Å². The van der Waals surface area contributed by atoms with Crippen molar-refractivity contribution in [3.63, 3.8) is 0 Å². The van der Waals surface area contributed by atoms with Gasteiger partial charge in [-0.3, -0.25) is 0 Å². The van der Waals surface area contributed by atoms with Gasteiger partial charge in [-0.15, -0.1) is 5.10 Å². The summed E-state index contributed by atoms with van der Waals surface area (Å²) in [6.07, 6.45) is 0. The average Bonchev–Trinajstić information content (AvgIpc) is 2.52. The van der Waals surface area contributed by atoms with Crippen molar-refractivity contribution in [2.24, 2.45) is 0 Å². The predicted molar refractivity (Wildman–Crippen MR) is 41.2 cm³/mol. The van der Waals surface area contributed by atoms with E-state index < -0.39 is 0 Å². The van der Waals surface area contributed by atoms with Crippen LogP contribution < -0.4 is 10.6 Å². The maximum Gasteiger partial charge on any atom is 0.314 e. The molecule has 0 aliphatic rings. The molecule has 1 rings (SSSR count). The largest absolute Gasteiger partial charge is 0.341 e. The van der Waals surface area contributed by atoms with Crippen LogP contribution in [0.5, 0.6) is 0 Å². The van der Waals surface area contributed by atoms with Gasteiger partial charge >= 0.3 is 6.03 Å². The number of urea groups is 1. The minimum atomic E-state index is -0.210. The zero-order valence-corrected chi connectivity index (χ0v) is 6.81. The number of carbonyl (C=O) groups is 1. The van der Waals surface area contributed by atoms with Crippen LogP contribution in [0.4, 0.5) is 4.79 Å². The van der Waals surface area contributed by atoms with E-state index >= 15 is 0 Å². The summed E-state index contributed by atoms with van der Waals surface area (Å²) in [4.78, 5) is 10.6. The van der Waals surface area contributed by atoms with Crippen LogP contribution in [0.15, 0.2) is 5.38 Å². The molecule has 0 aromatic carbocycles. The molecule has 0 fully saturated rings. The highest BCUT2D eigenvalue weighted by Crippen LogP contribution is 1.94. The summed E-state index contributed by atoms with van der Waals surface area (Å²) in [6.45, 7) is 0.427. The Labute approximate surface area is 68.0 Å². The van der Waals surface area contributed by atoms with Crippen LogP contribution in [-0.2, 0) is 6.54 Å². The first-order chi connectivity index (χ1) is 5.33. The monoisotopic (exact) mass is 172 g/mol. The van der Waals surface area contributed by atoms with Crippen molar-refractivity contribution in [3.05, 3.63) is 11.1 Å². The number of carbonyl (C=O) groups excluding carboxylic acids is 1. The Morgan fingerprint density at radius 1 is 1.82 bits per heavy atom. The highest BCUT2D eigenvalue weighted by molar-refractivity contribution is 7.03. The second-order valence-corrected chi connectivity index (χ2v) is 2.44. The number of rotatable bonds is 2. The van der Waals surface area contributed by atoms with Crippen molar-refractivity contribution in [2.75, 3.05) is 7.05 Å². The summed E-state index contributed by atoms with van der Waals surface area (Å²) in [5, 5.41) is 10.6. The van der Waals surface area contributed by atoms with Gasteiger partial charge < -0.3 is 10.6 Å². The molecule has 0 saturated heterocycles. The highest BCUT2D eigenvalue weighted by Gasteiger charge is 1.97. The van der Waals surface area contributed by atoms with E-state index in [1.54, 1.807) is 12.4 Å². The first-order valence-electron chi connectivity index (χ1n) is 3.04. The predicted octanol–water partition coefficient (Wildman–Crippen LogP) is -0.0329. The Hall–Kier alpha value is -1.17. The van der Waals surface area contributed by atoms with Crippen molar-refractivity contribution in [2.45, 2.75) is 6.54 Å². The third kappa shape index (κ3) is 2.50. The molecular formula is C5H8N4OS. The molecule has 60 valence electrons. The van der Waals surface area contributed by atoms with Crippen LogP contribution in [0.1, 0.15) is 5.69 Å². The quantitative estimate of drug-likeness (QED) is 0.658. The van der Waals surface area contributed by atoms with Crippen molar-refractivity contribution < 1.29 is 4.79 Å². The number of nitrogens with zero attached hydrogens (tertiary/aromatic N) is 2. The molecule has 6 heteroatoms. The standard InChI is InChI=1S/C5H8N4OS/c1-6-5(10)7-2-4-3-11-9-8-4/h3H,2H2,1H3,(H2,6,7,10). The first-order valence-corrected chi connectivity index (χ1v) is 3.88. The van der Waals surface area contributed by atoms with E-state index in [4.69, 9.17) is 0 Å². The Bertz CT molecular complexity index is 222. The molecule has 0 bridgehead atoms. The fourth-order valence-electron chi connectivity index (χ4n) is 0.520. The molecule has 0 aliphatic carbocycles. The molecule has 2 amide bonds. The van der Waals surface area contributed by atoms with Gasteiger partial charge in [0.15, 0.2) is 0 Å². The molecule has 1 aromatic rings. The second kappa shape index (κ2) is 3.87. The molecule has 0 unspecified atom stereocenters. The lowest BCUT2D eigenvalue weighted by molar-refractivity contribution is 0.242. The first kappa shape index (κ1) is 7.93. The number of aromatic nitrogens is 2. The van der Waals surface area contributed by atoms with E-state index in [2.05, 4.69) is 20.2 Å². The smallest absolute Gasteiger partial charge is 0.314 e. The molecule has 0 saturated carbocycles. The molecular weight excluding hydrogens is 164 g/mol. The highest BCUT2D eigenvalue weighted by atomic mass is 32.1. The van der Waals surface area contributed by atoms with Crippen molar-refractivity contribution in [3.8, 4) is 0 Å². The van der Waals surface area contributed by atoms with Gasteiger partial charge in [0.2, 0.25) is 0 Å². The van der Waals surface area contributed by atoms with E-state index in [1.807, 2.05) is 0 Å². The van der Waals surface area contributed by atoms with Gasteiger partial charge in [-0.05, 0) is 11.5 Å². The minimum absolute atomic E-state index is 0.210. The van der Waals surface area contributed by atoms with Crippen LogP contribution in [0.2, 0.25) is 0 Å². The SMILES string of the molecule is CNC(=O)NCc1csnn1. The lowest BCUT2D eigenvalue weighted by Gasteiger charge is -1.99. The van der Waals surface area contributed by atoms with Gasteiger partial charge in [-0.2, -0.15) is 0 Å². The summed E-state index contributed by atoms with van der Waals surface area (Å²) in [7, 11) is 1.56. The Balaban J connectivity index is 2.29. The van der Waals surface area contributed by atoms with Crippen LogP contribution in [-0.4, -0.2) is 22.7 Å². The summed E-state index contributed by atoms with van der Waals surface area (Å²) >= 11 is 1.27. The lowest BCUT2D eigenvalue weighted by Crippen LogP contribution is -2.32. The van der Waals surface area contributed by atoms with Crippen LogP contribution in [0, 0.1) is 0 Å². The molecule has 2 N–H and O–H groups in total. The third-order valence-electron chi connectivity index (χ3n) is 1.06. The minimum Gasteiger partial charge on any atom is -0.341 e. The number of hydrogen-bond acceptors (Lipinski definition) is 4. The van der Waals surface area contributed by atoms with Gasteiger partial charge in [0.1, 0.15) is 0 Å². The molecule has 11 heavy (non-hydrogen) atoms. The maximum atomic E-state index is 10.6. The number of amides is 2. The molecule has 5 nitrogen and oxygen atoms in total. The maximum absolute atomic E-state index is 10.6. The fourth-order valence-corrected chi connectivity index (χ4v) is 0.972. The van der Waals surface area contributed by atoms with E-state index in [-0.39, 0.29) is 6.03 Å². The molecule has 0 aliphatic heterocycles. The second-order valence-electron chi connectivity index (χ2n) is 1.83. The Kier molecular flexibility index (Phi) is 2.79. The molecule has 0 spiro atoms. The fraction of sp³-hybridized carbons (Fsp3) is 0.400. The van der Waals surface area contributed by atoms with Gasteiger partial charge in [-0.25, -0.2) is 4.79 Å². The Morgan fingerprint density at radius 2 is 2.64 bits per heavy atom. The normalized spacial score (nSPS) is 9.18. The molecule has 1 heterocycles. The van der Waals surface area contributed by atoms with Crippen molar-refractivity contribution >= 4 is 17.6 Å². The molecule has 1 aromatic heterocycles. The van der Waals surface area contributed by atoms with Gasteiger partial charge in [0, 0.05) is 12.4 Å². The topological polar surface area (TPSA) is 66.9 Å². The van der Waals surface area contributed by atoms with E-state index in [9.17, 15) is 4.79 Å². The summed E-state index contributed by atoms with van der Waals surface area (Å²) in [5.41, 5.74) is 0.776. The van der Waals surface area contributed by atoms with Crippen LogP contribution in [0.25, 0.3) is 0 Å². The summed E-state index contributed by atoms with van der Waals surface area (Å²) in [6, 6.07) is -0.210. The molecule has 0 atom stereocenters. The average molecular weight is 172 g/mol. The van der Waals surface area contributed by atoms with Gasteiger partial charge in [-0.1, -0.05) is 4.49 Å². The van der Waals surface area contributed by atoms with Crippen molar-refractivity contribution in [1.82, 2.24) is 20.2 Å². The molecule has 0 radical (unpaired) electrons.